The van der Waals surface area contributed by atoms with Gasteiger partial charge in [0.1, 0.15) is 5.69 Å². The molecule has 0 bridgehead atoms. The van der Waals surface area contributed by atoms with Gasteiger partial charge < -0.3 is 14.4 Å². The van der Waals surface area contributed by atoms with Crippen LogP contribution in [0.2, 0.25) is 0 Å². The summed E-state index contributed by atoms with van der Waals surface area (Å²) < 4.78 is 5.39. The first-order chi connectivity index (χ1) is 31.5. The van der Waals surface area contributed by atoms with Gasteiger partial charge in [-0.2, -0.15) is 4.57 Å². The molecule has 10 aromatic rings. The molecule has 1 unspecified atom stereocenters. The summed E-state index contributed by atoms with van der Waals surface area (Å²) >= 11 is 0. The number of fused-ring (bicyclic) bond motifs is 16. The van der Waals surface area contributed by atoms with Crippen molar-refractivity contribution < 1.29 is 4.57 Å². The molecule has 0 saturated carbocycles. The Kier molecular flexibility index (Phi) is 6.62. The van der Waals surface area contributed by atoms with Gasteiger partial charge in [0, 0.05) is 67.2 Å². The lowest BCUT2D eigenvalue weighted by molar-refractivity contribution is -0.688. The Hall–Kier alpha value is -7.56. The number of benzene rings is 8. The molecule has 1 aliphatic carbocycles. The van der Waals surface area contributed by atoms with Crippen molar-refractivity contribution in [1.29, 1.82) is 0 Å². The molecule has 0 N–H and O–H groups in total. The molecule has 0 amide bonds. The third-order valence-electron chi connectivity index (χ3n) is 15.2. The second-order valence-corrected chi connectivity index (χ2v) is 19.4. The Morgan fingerprint density at radius 2 is 1.06 bits per heavy atom. The molecule has 0 radical (unpaired) electrons. The molecule has 6 heterocycles. The van der Waals surface area contributed by atoms with Crippen molar-refractivity contribution in [3.8, 4) is 16.8 Å². The van der Waals surface area contributed by atoms with E-state index in [2.05, 4.69) is 228 Å². The number of rotatable bonds is 2. The molecule has 8 aromatic carbocycles. The molecule has 64 heavy (non-hydrogen) atoms. The predicted molar refractivity (Wildman–Crippen MR) is 267 cm³/mol. The van der Waals surface area contributed by atoms with Gasteiger partial charge in [-0.25, -0.2) is 0 Å². The number of hydrogen-bond acceptors (Lipinski definition) is 2. The molecular weight excluding hydrogens is 774 g/mol. The van der Waals surface area contributed by atoms with Gasteiger partial charge in [-0.1, -0.05) is 154 Å². The summed E-state index contributed by atoms with van der Waals surface area (Å²) in [5, 5.41) is 2.64. The van der Waals surface area contributed by atoms with E-state index in [9.17, 15) is 0 Å². The van der Waals surface area contributed by atoms with E-state index in [-0.39, 0.29) is 24.9 Å². The smallest absolute Gasteiger partial charge is 0.311 e. The molecular formula is C58H41B2N4+. The average Bonchev–Trinajstić information content (AvgIpc) is 3.86. The van der Waals surface area contributed by atoms with Crippen LogP contribution in [0.4, 0.5) is 34.1 Å². The first kappa shape index (κ1) is 35.0. The summed E-state index contributed by atoms with van der Waals surface area (Å²) in [6, 6.07) is 68.8. The first-order valence-corrected chi connectivity index (χ1v) is 22.8. The topological polar surface area (TPSA) is 15.3 Å². The van der Waals surface area contributed by atoms with Gasteiger partial charge in [0.15, 0.2) is 11.8 Å². The highest BCUT2D eigenvalue weighted by Crippen LogP contribution is 2.52. The monoisotopic (exact) mass is 815 g/mol. The van der Waals surface area contributed by atoms with Crippen LogP contribution in [0.1, 0.15) is 43.5 Å². The summed E-state index contributed by atoms with van der Waals surface area (Å²) in [6.45, 7) is 7.20. The quantitative estimate of drug-likeness (QED) is 0.128. The third-order valence-corrected chi connectivity index (χ3v) is 15.2. The van der Waals surface area contributed by atoms with Gasteiger partial charge >= 0.3 is 6.71 Å². The van der Waals surface area contributed by atoms with E-state index in [0.717, 1.165) is 0 Å². The summed E-state index contributed by atoms with van der Waals surface area (Å²) in [5.74, 6) is 0. The van der Waals surface area contributed by atoms with E-state index < -0.39 is 0 Å². The number of aromatic nitrogens is 2. The van der Waals surface area contributed by atoms with Gasteiger partial charge in [-0.3, -0.25) is 0 Å². The van der Waals surface area contributed by atoms with Crippen molar-refractivity contribution in [3.63, 3.8) is 0 Å². The maximum absolute atomic E-state index is 2.70. The fraction of sp³-hybridized carbons (Fsp3) is 0.0862. The Morgan fingerprint density at radius 3 is 1.75 bits per heavy atom. The van der Waals surface area contributed by atoms with Gasteiger partial charge in [-0.15, -0.1) is 0 Å². The summed E-state index contributed by atoms with van der Waals surface area (Å²) in [4.78, 5) is 5.04. The standard InChI is InChI=1S/C58H41B2N4/c1-58(2,3)35-32-50-57-60(44-26-14-16-28-47(44)63(50)37-20-8-5-9-21-37)45-33-41-40-30-31-49-53-56(40)64(55(41)51-38-22-10-11-23-39(38)54(52(45)51)61(57)34-35)48-29-17-13-25-43(48)59(53)42-24-12-15-27-46(42)62(49)36-18-6-4-7-19-36/h4-34,54H,1-3H3/q+1. The normalized spacial score (nSPS) is 15.5. The number of anilines is 6. The molecule has 2 aromatic heterocycles. The number of nitrogens with zero attached hydrogens (tertiary/aromatic N) is 4. The van der Waals surface area contributed by atoms with E-state index in [1.807, 2.05) is 0 Å². The highest BCUT2D eigenvalue weighted by atomic mass is 15.2. The van der Waals surface area contributed by atoms with Gasteiger partial charge in [0.25, 0.3) is 6.71 Å². The van der Waals surface area contributed by atoms with Crippen LogP contribution in [0.25, 0.3) is 38.6 Å². The van der Waals surface area contributed by atoms with E-state index in [0.29, 0.717) is 0 Å². The molecule has 4 aliphatic heterocycles. The highest BCUT2D eigenvalue weighted by Gasteiger charge is 2.55. The molecule has 5 aliphatic rings. The minimum absolute atomic E-state index is 0.0209. The maximum atomic E-state index is 2.70. The summed E-state index contributed by atoms with van der Waals surface area (Å²) in [7, 11) is 0. The van der Waals surface area contributed by atoms with Crippen LogP contribution in [0.15, 0.2) is 188 Å². The zero-order valence-electron chi connectivity index (χ0n) is 35.9. The second-order valence-electron chi connectivity index (χ2n) is 19.4. The summed E-state index contributed by atoms with van der Waals surface area (Å²) in [6.07, 6.45) is 2.51. The van der Waals surface area contributed by atoms with E-state index in [4.69, 9.17) is 0 Å². The number of para-hydroxylation sites is 5. The van der Waals surface area contributed by atoms with E-state index in [1.54, 1.807) is 0 Å². The molecule has 4 nitrogen and oxygen atoms in total. The number of pyridine rings is 1. The molecule has 0 spiro atoms. The first-order valence-electron chi connectivity index (χ1n) is 22.8. The van der Waals surface area contributed by atoms with Crippen LogP contribution in [0.5, 0.6) is 0 Å². The van der Waals surface area contributed by atoms with Crippen LogP contribution >= 0.6 is 0 Å². The van der Waals surface area contributed by atoms with Gasteiger partial charge in [0.2, 0.25) is 6.04 Å². The fourth-order valence-electron chi connectivity index (χ4n) is 12.7. The number of hydrogen-bond donors (Lipinski definition) is 0. The van der Waals surface area contributed by atoms with Crippen LogP contribution in [0.3, 0.4) is 0 Å². The van der Waals surface area contributed by atoms with Gasteiger partial charge in [0.05, 0.1) is 11.0 Å². The molecule has 15 rings (SSSR count). The van der Waals surface area contributed by atoms with E-state index >= 15 is 0 Å². The molecule has 0 saturated heterocycles. The van der Waals surface area contributed by atoms with E-state index in [1.165, 1.54) is 122 Å². The average molecular weight is 816 g/mol. The van der Waals surface area contributed by atoms with Crippen molar-refractivity contribution in [1.82, 2.24) is 4.57 Å². The lowest BCUT2D eigenvalue weighted by Crippen LogP contribution is -2.74. The SMILES string of the molecule is CC(C)(C)c1cc2c3[n+](c1)C1c4ccccc4-c4c1c(cc1c5ccc6c7c5n(c41)-c1ccccc1B7c1ccccc1N6c1ccccc1)B3c1ccccc1N2c1ccccc1. The van der Waals surface area contributed by atoms with Gasteiger partial charge in [-0.05, 0) is 87.4 Å². The van der Waals surface area contributed by atoms with Crippen molar-refractivity contribution >= 4 is 102 Å². The minimum atomic E-state index is -0.0758. The second kappa shape index (κ2) is 12.1. The molecule has 298 valence electrons. The Labute approximate surface area is 373 Å². The Balaban J connectivity index is 1.12. The van der Waals surface area contributed by atoms with Crippen LogP contribution in [-0.2, 0) is 5.41 Å². The third kappa shape index (κ3) is 4.24. The lowest BCUT2D eigenvalue weighted by atomic mass is 9.34. The molecule has 1 atom stereocenters. The van der Waals surface area contributed by atoms with Crippen molar-refractivity contribution in [3.05, 3.63) is 205 Å². The minimum Gasteiger partial charge on any atom is -0.311 e. The molecule has 6 heteroatoms. The van der Waals surface area contributed by atoms with Crippen LogP contribution in [0, 0.1) is 0 Å². The Bertz CT molecular complexity index is 3700. The zero-order chi connectivity index (χ0) is 42.2. The van der Waals surface area contributed by atoms with Crippen molar-refractivity contribution in [2.24, 2.45) is 0 Å². The van der Waals surface area contributed by atoms with Crippen molar-refractivity contribution in [2.45, 2.75) is 32.2 Å². The predicted octanol–water partition coefficient (Wildman–Crippen LogP) is 9.21. The highest BCUT2D eigenvalue weighted by molar-refractivity contribution is 7.00. The van der Waals surface area contributed by atoms with Crippen LogP contribution < -0.4 is 47.3 Å². The van der Waals surface area contributed by atoms with Crippen LogP contribution in [-0.4, -0.2) is 18.0 Å². The lowest BCUT2D eigenvalue weighted by Gasteiger charge is -2.40. The Morgan fingerprint density at radius 1 is 0.484 bits per heavy atom. The van der Waals surface area contributed by atoms with Crippen molar-refractivity contribution in [2.75, 3.05) is 9.80 Å². The molecule has 0 fully saturated rings. The summed E-state index contributed by atoms with van der Waals surface area (Å²) in [5.41, 5.74) is 26.3. The zero-order valence-corrected chi connectivity index (χ0v) is 35.9. The fourth-order valence-corrected chi connectivity index (χ4v) is 12.7. The largest absolute Gasteiger partial charge is 0.331 e. The maximum Gasteiger partial charge on any atom is 0.331 e.